The second kappa shape index (κ2) is 6.22. The van der Waals surface area contributed by atoms with E-state index in [1.165, 1.54) is 7.05 Å². The third-order valence-electron chi connectivity index (χ3n) is 2.88. The van der Waals surface area contributed by atoms with Gasteiger partial charge in [0.05, 0.1) is 0 Å². The minimum absolute atomic E-state index is 0.0840. The van der Waals surface area contributed by atoms with Crippen LogP contribution in [0.3, 0.4) is 0 Å². The standard InChI is InChI=1S/C11H17N3O6S/c1-4-5-7(10(16)17)12-21(19,20)8-6-13(2)11(18)14(3)9(8)15/h6-7,12H,4-5H2,1-3H3,(H,16,17)/t7-/m0/s1. The highest BCUT2D eigenvalue weighted by molar-refractivity contribution is 7.89. The van der Waals surface area contributed by atoms with Gasteiger partial charge in [-0.2, -0.15) is 4.72 Å². The third-order valence-corrected chi connectivity index (χ3v) is 4.33. The second-order valence-electron chi connectivity index (χ2n) is 4.55. The topological polar surface area (TPSA) is 127 Å². The van der Waals surface area contributed by atoms with Crippen LogP contribution in [0.1, 0.15) is 19.8 Å². The zero-order valence-corrected chi connectivity index (χ0v) is 12.7. The van der Waals surface area contributed by atoms with Gasteiger partial charge in [-0.25, -0.2) is 13.2 Å². The minimum Gasteiger partial charge on any atom is -0.480 e. The molecule has 2 N–H and O–H groups in total. The summed E-state index contributed by atoms with van der Waals surface area (Å²) in [5, 5.41) is 8.97. The molecule has 0 fully saturated rings. The van der Waals surface area contributed by atoms with Crippen LogP contribution in [0.2, 0.25) is 0 Å². The number of aryl methyl sites for hydroxylation is 1. The van der Waals surface area contributed by atoms with Crippen molar-refractivity contribution in [2.24, 2.45) is 14.1 Å². The molecule has 1 heterocycles. The van der Waals surface area contributed by atoms with Crippen LogP contribution in [0.5, 0.6) is 0 Å². The molecule has 1 rings (SSSR count). The van der Waals surface area contributed by atoms with Crippen molar-refractivity contribution in [3.8, 4) is 0 Å². The highest BCUT2D eigenvalue weighted by atomic mass is 32.2. The fourth-order valence-electron chi connectivity index (χ4n) is 1.73. The summed E-state index contributed by atoms with van der Waals surface area (Å²) in [5.41, 5.74) is -1.69. The summed E-state index contributed by atoms with van der Waals surface area (Å²) in [6.45, 7) is 1.70. The van der Waals surface area contributed by atoms with Gasteiger partial charge in [-0.15, -0.1) is 0 Å². The summed E-state index contributed by atoms with van der Waals surface area (Å²) in [5.74, 6) is -1.33. The number of carboxylic acid groups (broad SMARTS) is 1. The van der Waals surface area contributed by atoms with Crippen molar-refractivity contribution >= 4 is 16.0 Å². The van der Waals surface area contributed by atoms with E-state index in [1.54, 1.807) is 6.92 Å². The zero-order chi connectivity index (χ0) is 16.4. The highest BCUT2D eigenvalue weighted by Gasteiger charge is 2.27. The number of hydrogen-bond acceptors (Lipinski definition) is 5. The average Bonchev–Trinajstić information content (AvgIpc) is 2.39. The molecule has 0 unspecified atom stereocenters. The molecular formula is C11H17N3O6S. The van der Waals surface area contributed by atoms with Crippen LogP contribution in [0.25, 0.3) is 0 Å². The first-order chi connectivity index (χ1) is 9.61. The molecule has 1 aromatic rings. The Hall–Kier alpha value is -1.94. The Bertz CT molecular complexity index is 761. The number of carbonyl (C=O) groups is 1. The van der Waals surface area contributed by atoms with Gasteiger partial charge in [-0.05, 0) is 6.42 Å². The van der Waals surface area contributed by atoms with Crippen molar-refractivity contribution in [3.63, 3.8) is 0 Å². The van der Waals surface area contributed by atoms with Crippen molar-refractivity contribution in [2.45, 2.75) is 30.7 Å². The van der Waals surface area contributed by atoms with Crippen molar-refractivity contribution in [3.05, 3.63) is 27.0 Å². The number of aromatic nitrogens is 2. The SMILES string of the molecule is CCC[C@H](NS(=O)(=O)c1cn(C)c(=O)n(C)c1=O)C(=O)O. The summed E-state index contributed by atoms with van der Waals surface area (Å²) in [4.78, 5) is 33.7. The second-order valence-corrected chi connectivity index (χ2v) is 6.23. The summed E-state index contributed by atoms with van der Waals surface area (Å²) < 4.78 is 27.9. The van der Waals surface area contributed by atoms with Gasteiger partial charge in [0.1, 0.15) is 6.04 Å². The van der Waals surface area contributed by atoms with Gasteiger partial charge in [-0.1, -0.05) is 13.3 Å². The highest BCUT2D eigenvalue weighted by Crippen LogP contribution is 2.05. The Morgan fingerprint density at radius 2 is 1.95 bits per heavy atom. The Kier molecular flexibility index (Phi) is 5.07. The first-order valence-electron chi connectivity index (χ1n) is 6.13. The van der Waals surface area contributed by atoms with Crippen LogP contribution < -0.4 is 16.0 Å². The molecule has 1 aromatic heterocycles. The molecule has 0 aliphatic heterocycles. The predicted octanol–water partition coefficient (Wildman–Crippen LogP) is -1.38. The van der Waals surface area contributed by atoms with E-state index in [0.29, 0.717) is 11.0 Å². The molecule has 0 aliphatic rings. The lowest BCUT2D eigenvalue weighted by molar-refractivity contribution is -0.139. The molecule has 9 nitrogen and oxygen atoms in total. The molecule has 1 atom stereocenters. The number of sulfonamides is 1. The third kappa shape index (κ3) is 3.58. The molecule has 0 aromatic carbocycles. The molecule has 0 amide bonds. The maximum absolute atomic E-state index is 12.2. The van der Waals surface area contributed by atoms with Gasteiger partial charge >= 0.3 is 11.7 Å². The number of rotatable bonds is 6. The molecule has 10 heteroatoms. The van der Waals surface area contributed by atoms with Crippen LogP contribution in [-0.2, 0) is 28.9 Å². The monoisotopic (exact) mass is 319 g/mol. The Labute approximate surface area is 120 Å². The van der Waals surface area contributed by atoms with Crippen molar-refractivity contribution in [1.29, 1.82) is 0 Å². The van der Waals surface area contributed by atoms with Gasteiger partial charge in [0.15, 0.2) is 4.90 Å². The van der Waals surface area contributed by atoms with E-state index in [9.17, 15) is 22.8 Å². The lowest BCUT2D eigenvalue weighted by Crippen LogP contribution is -2.45. The summed E-state index contributed by atoms with van der Waals surface area (Å²) in [6.07, 6.45) is 1.41. The quantitative estimate of drug-likeness (QED) is 0.665. The first-order valence-corrected chi connectivity index (χ1v) is 7.62. The maximum Gasteiger partial charge on any atom is 0.330 e. The van der Waals surface area contributed by atoms with Crippen LogP contribution in [0.4, 0.5) is 0 Å². The first kappa shape index (κ1) is 17.1. The number of aliphatic carboxylic acids is 1. The fourth-order valence-corrected chi connectivity index (χ4v) is 3.12. The van der Waals surface area contributed by atoms with Crippen LogP contribution in [-0.4, -0.2) is 34.7 Å². The number of nitrogens with one attached hydrogen (secondary N) is 1. The van der Waals surface area contributed by atoms with E-state index >= 15 is 0 Å². The molecule has 0 saturated carbocycles. The smallest absolute Gasteiger partial charge is 0.330 e. The van der Waals surface area contributed by atoms with Crippen molar-refractivity contribution in [2.75, 3.05) is 0 Å². The van der Waals surface area contributed by atoms with E-state index in [4.69, 9.17) is 5.11 Å². The average molecular weight is 319 g/mol. The van der Waals surface area contributed by atoms with Gasteiger partial charge in [0, 0.05) is 20.3 Å². The lowest BCUT2D eigenvalue weighted by atomic mass is 10.2. The van der Waals surface area contributed by atoms with Gasteiger partial charge in [-0.3, -0.25) is 14.2 Å². The largest absolute Gasteiger partial charge is 0.480 e. The van der Waals surface area contributed by atoms with Crippen LogP contribution in [0, 0.1) is 0 Å². The zero-order valence-electron chi connectivity index (χ0n) is 11.9. The van der Waals surface area contributed by atoms with E-state index in [2.05, 4.69) is 0 Å². The van der Waals surface area contributed by atoms with Gasteiger partial charge < -0.3 is 9.67 Å². The fraction of sp³-hybridized carbons (Fsp3) is 0.545. The van der Waals surface area contributed by atoms with Crippen molar-refractivity contribution < 1.29 is 18.3 Å². The molecular weight excluding hydrogens is 302 g/mol. The number of carboxylic acids is 1. The Balaban J connectivity index is 3.36. The van der Waals surface area contributed by atoms with Crippen molar-refractivity contribution in [1.82, 2.24) is 13.9 Å². The normalized spacial score (nSPS) is 13.1. The molecule has 0 saturated heterocycles. The molecule has 21 heavy (non-hydrogen) atoms. The van der Waals surface area contributed by atoms with E-state index in [0.717, 1.165) is 17.8 Å². The lowest BCUT2D eigenvalue weighted by Gasteiger charge is -2.14. The van der Waals surface area contributed by atoms with E-state index < -0.39 is 38.2 Å². The molecule has 0 spiro atoms. The molecule has 0 radical (unpaired) electrons. The summed E-state index contributed by atoms with van der Waals surface area (Å²) >= 11 is 0. The van der Waals surface area contributed by atoms with Gasteiger partial charge in [0.25, 0.3) is 5.56 Å². The minimum atomic E-state index is -4.34. The molecule has 118 valence electrons. The predicted molar refractivity (Wildman–Crippen MR) is 73.6 cm³/mol. The number of hydrogen-bond donors (Lipinski definition) is 2. The van der Waals surface area contributed by atoms with E-state index in [-0.39, 0.29) is 6.42 Å². The van der Waals surface area contributed by atoms with Crippen LogP contribution >= 0.6 is 0 Å². The maximum atomic E-state index is 12.2. The summed E-state index contributed by atoms with van der Waals surface area (Å²) in [7, 11) is -1.91. The summed E-state index contributed by atoms with van der Waals surface area (Å²) in [6, 6.07) is -1.33. The van der Waals surface area contributed by atoms with Crippen LogP contribution in [0.15, 0.2) is 20.7 Å². The number of nitrogens with zero attached hydrogens (tertiary/aromatic N) is 2. The van der Waals surface area contributed by atoms with Gasteiger partial charge in [0.2, 0.25) is 10.0 Å². The van der Waals surface area contributed by atoms with E-state index in [1.807, 2.05) is 4.72 Å². The molecule has 0 aliphatic carbocycles. The molecule has 0 bridgehead atoms. The Morgan fingerprint density at radius 3 is 2.43 bits per heavy atom. The Morgan fingerprint density at radius 1 is 1.38 bits per heavy atom.